The summed E-state index contributed by atoms with van der Waals surface area (Å²) in [7, 11) is 0. The van der Waals surface area contributed by atoms with E-state index in [0.29, 0.717) is 164 Å². The van der Waals surface area contributed by atoms with E-state index in [0.717, 1.165) is 25.0 Å². The van der Waals surface area contributed by atoms with Crippen LogP contribution in [0.5, 0.6) is 0 Å². The number of nitrogens with one attached hydrogen (secondary N) is 6. The zero-order chi connectivity index (χ0) is 46.0. The molecule has 2 fully saturated rings. The van der Waals surface area contributed by atoms with Gasteiger partial charge in [0.05, 0.1) is 177 Å². The number of hydrogen-bond acceptors (Lipinski definition) is 18. The minimum atomic E-state index is -0.489. The summed E-state index contributed by atoms with van der Waals surface area (Å²) in [5.74, 6) is -0.331. The molecule has 0 saturated carbocycles. The normalized spacial score (nSPS) is 16.6. The van der Waals surface area contributed by atoms with Gasteiger partial charge in [-0.2, -0.15) is 11.8 Å². The summed E-state index contributed by atoms with van der Waals surface area (Å²) in [6.07, 6.45) is 3.30. The number of urea groups is 1. The highest BCUT2D eigenvalue weighted by Gasteiger charge is 2.42. The van der Waals surface area contributed by atoms with Gasteiger partial charge in [-0.25, -0.2) is 4.79 Å². The molecule has 64 heavy (non-hydrogen) atoms. The molecule has 2 aliphatic rings. The van der Waals surface area contributed by atoms with Gasteiger partial charge in [0.1, 0.15) is 0 Å². The van der Waals surface area contributed by atoms with Crippen molar-refractivity contribution in [2.75, 3.05) is 184 Å². The predicted molar refractivity (Wildman–Crippen MR) is 234 cm³/mol. The van der Waals surface area contributed by atoms with E-state index in [1.165, 1.54) is 0 Å². The average Bonchev–Trinajstić information content (AvgIpc) is 3.85. The number of fused-ring (bicyclic) bond motifs is 1. The van der Waals surface area contributed by atoms with Crippen LogP contribution in [0.25, 0.3) is 0 Å². The first-order valence-corrected chi connectivity index (χ1v) is 23.2. The Bertz CT molecular complexity index is 1220. The average molecular weight is 942 g/mol. The number of ether oxygens (including phenoxy) is 11. The fourth-order valence-electron chi connectivity index (χ4n) is 5.74. The highest BCUT2D eigenvalue weighted by atomic mass is 32.2. The molecular weight excluding hydrogens is 867 g/mol. The molecule has 0 bridgehead atoms. The van der Waals surface area contributed by atoms with E-state index < -0.39 is 11.8 Å². The van der Waals surface area contributed by atoms with E-state index >= 15 is 0 Å². The van der Waals surface area contributed by atoms with Crippen molar-refractivity contribution in [2.45, 2.75) is 43.0 Å². The van der Waals surface area contributed by atoms with Crippen molar-refractivity contribution in [3.05, 3.63) is 0 Å². The van der Waals surface area contributed by atoms with Crippen LogP contribution < -0.4 is 37.6 Å². The van der Waals surface area contributed by atoms with Crippen molar-refractivity contribution in [3.8, 4) is 0 Å². The lowest BCUT2D eigenvalue weighted by atomic mass is 10.0. The maximum absolute atomic E-state index is 12.1. The van der Waals surface area contributed by atoms with Crippen molar-refractivity contribution >= 4 is 41.4 Å². The van der Waals surface area contributed by atoms with Gasteiger partial charge >= 0.3 is 6.03 Å². The predicted octanol–water partition coefficient (Wildman–Crippen LogP) is -2.68. The fraction of sp³-hybridized carbons (Fsp3) is 0.875. The molecule has 0 aromatic carbocycles. The van der Waals surface area contributed by atoms with Gasteiger partial charge in [-0.1, -0.05) is 6.42 Å². The minimum Gasteiger partial charge on any atom is -0.377 e. The van der Waals surface area contributed by atoms with Gasteiger partial charge in [-0.3, -0.25) is 19.2 Å². The van der Waals surface area contributed by atoms with Crippen LogP contribution in [-0.4, -0.2) is 231 Å². The Hall–Kier alpha value is -2.98. The quantitative estimate of drug-likeness (QED) is 0.0242. The van der Waals surface area contributed by atoms with Crippen molar-refractivity contribution in [2.24, 2.45) is 5.73 Å². The summed E-state index contributed by atoms with van der Waals surface area (Å²) in [4.78, 5) is 57.7. The van der Waals surface area contributed by atoms with E-state index in [4.69, 9.17) is 57.8 Å². The molecule has 372 valence electrons. The molecular formula is C40H75N7O16S. The Labute approximate surface area is 381 Å². The molecule has 2 aliphatic heterocycles. The van der Waals surface area contributed by atoms with Crippen LogP contribution >= 0.6 is 11.8 Å². The molecule has 6 amide bonds. The fourth-order valence-corrected chi connectivity index (χ4v) is 7.29. The maximum Gasteiger partial charge on any atom is 0.315 e. The first kappa shape index (κ1) is 57.1. The Morgan fingerprint density at radius 1 is 0.484 bits per heavy atom. The number of thioether (sulfide) groups is 1. The third-order valence-corrected chi connectivity index (χ3v) is 10.5. The van der Waals surface area contributed by atoms with Gasteiger partial charge in [-0.05, 0) is 12.8 Å². The SMILES string of the molecule is NCC(=O)NCC(=O)NCC(=O)NCCOCCOCCOCCOCCOCCOCCOCCOCCOCCOCCOCCNC(=O)CCCCC1SCC2NC(=O)NC21. The number of carbonyl (C=O) groups excluding carboxylic acids is 5. The number of amides is 6. The molecule has 3 unspecified atom stereocenters. The highest BCUT2D eigenvalue weighted by molar-refractivity contribution is 8.00. The van der Waals surface area contributed by atoms with Crippen molar-refractivity contribution in [3.63, 3.8) is 0 Å². The van der Waals surface area contributed by atoms with Crippen molar-refractivity contribution in [1.82, 2.24) is 31.9 Å². The minimum absolute atomic E-state index is 0.0338. The molecule has 23 nitrogen and oxygen atoms in total. The molecule has 3 atom stereocenters. The zero-order valence-electron chi connectivity index (χ0n) is 37.4. The van der Waals surface area contributed by atoms with Gasteiger partial charge in [0.25, 0.3) is 0 Å². The molecule has 0 radical (unpaired) electrons. The molecule has 24 heteroatoms. The smallest absolute Gasteiger partial charge is 0.315 e. The topological polar surface area (TPSA) is 285 Å². The summed E-state index contributed by atoms with van der Waals surface area (Å²) < 4.78 is 60.2. The van der Waals surface area contributed by atoms with E-state index in [1.807, 2.05) is 11.8 Å². The number of rotatable bonds is 46. The first-order chi connectivity index (χ1) is 31.4. The maximum atomic E-state index is 12.1. The van der Waals surface area contributed by atoms with Gasteiger partial charge in [0.2, 0.25) is 23.6 Å². The molecule has 0 aromatic rings. The highest BCUT2D eigenvalue weighted by Crippen LogP contribution is 2.33. The summed E-state index contributed by atoms with van der Waals surface area (Å²) >= 11 is 1.90. The second-order valence-corrected chi connectivity index (χ2v) is 15.3. The second kappa shape index (κ2) is 41.5. The van der Waals surface area contributed by atoms with Crippen LogP contribution in [-0.2, 0) is 71.3 Å². The number of unbranched alkanes of at least 4 members (excludes halogenated alkanes) is 1. The Kier molecular flexibility index (Phi) is 37.0. The van der Waals surface area contributed by atoms with Crippen molar-refractivity contribution < 1.29 is 76.1 Å². The van der Waals surface area contributed by atoms with E-state index in [1.54, 1.807) is 0 Å². The summed E-state index contributed by atoms with van der Waals surface area (Å²) in [6.45, 7) is 9.77. The van der Waals surface area contributed by atoms with Crippen molar-refractivity contribution in [1.29, 1.82) is 0 Å². The van der Waals surface area contributed by atoms with Gasteiger partial charge in [0, 0.05) is 30.5 Å². The Morgan fingerprint density at radius 3 is 1.25 bits per heavy atom. The standard InChI is InChI=1S/C40H75N7O16S/c41-29-36(49)44-31-38(51)45-30-37(50)43-6-8-54-10-12-56-14-16-58-18-20-60-22-24-62-26-28-63-27-25-61-23-21-59-19-17-57-15-13-55-11-9-53-7-5-42-35(48)4-2-1-3-34-39-33(32-64-34)46-40(52)47-39/h33-34,39H,1-32,41H2,(H,42,48)(H,43,50)(H,44,49)(H,45,51)(H2,46,47,52). The first-order valence-electron chi connectivity index (χ1n) is 22.2. The van der Waals surface area contributed by atoms with Gasteiger partial charge in [0.15, 0.2) is 0 Å². The van der Waals surface area contributed by atoms with Crippen LogP contribution in [0.15, 0.2) is 0 Å². The zero-order valence-corrected chi connectivity index (χ0v) is 38.2. The molecule has 8 N–H and O–H groups in total. The molecule has 0 aliphatic carbocycles. The lowest BCUT2D eigenvalue weighted by Crippen LogP contribution is -2.43. The van der Waals surface area contributed by atoms with Crippen LogP contribution in [0.3, 0.4) is 0 Å². The van der Waals surface area contributed by atoms with Crippen LogP contribution in [0.1, 0.15) is 25.7 Å². The molecule has 0 spiro atoms. The Morgan fingerprint density at radius 2 is 0.844 bits per heavy atom. The third-order valence-electron chi connectivity index (χ3n) is 9.02. The summed E-state index contributed by atoms with van der Waals surface area (Å²) in [5, 5.41) is 16.6. The third kappa shape index (κ3) is 33.5. The summed E-state index contributed by atoms with van der Waals surface area (Å²) in [6, 6.07) is 0.383. The van der Waals surface area contributed by atoms with Gasteiger partial charge < -0.3 is 89.7 Å². The van der Waals surface area contributed by atoms with Crippen LogP contribution in [0, 0.1) is 0 Å². The molecule has 2 saturated heterocycles. The van der Waals surface area contributed by atoms with E-state index in [-0.39, 0.29) is 56.1 Å². The molecule has 2 heterocycles. The van der Waals surface area contributed by atoms with Gasteiger partial charge in [-0.15, -0.1) is 0 Å². The summed E-state index contributed by atoms with van der Waals surface area (Å²) in [5.41, 5.74) is 5.13. The molecule has 0 aromatic heterocycles. The van der Waals surface area contributed by atoms with E-state index in [2.05, 4.69) is 31.9 Å². The number of carbonyl (C=O) groups is 5. The number of nitrogens with two attached hydrogens (primary N) is 1. The monoisotopic (exact) mass is 941 g/mol. The van der Waals surface area contributed by atoms with Crippen LogP contribution in [0.2, 0.25) is 0 Å². The largest absolute Gasteiger partial charge is 0.377 e. The van der Waals surface area contributed by atoms with Crippen LogP contribution in [0.4, 0.5) is 4.79 Å². The number of hydrogen-bond donors (Lipinski definition) is 7. The second-order valence-electron chi connectivity index (χ2n) is 14.1. The lowest BCUT2D eigenvalue weighted by molar-refractivity contribution is -0.127. The lowest BCUT2D eigenvalue weighted by Gasteiger charge is -2.16. The van der Waals surface area contributed by atoms with E-state index in [9.17, 15) is 24.0 Å². The molecule has 2 rings (SSSR count). The Balaban J connectivity index is 1.14.